The summed E-state index contributed by atoms with van der Waals surface area (Å²) in [6.07, 6.45) is 5.16. The Kier molecular flexibility index (Phi) is 3.28. The molecule has 0 bridgehead atoms. The first-order chi connectivity index (χ1) is 4.16. The van der Waals surface area contributed by atoms with Gasteiger partial charge in [-0.15, -0.1) is 0 Å². The average molecular weight is 124 g/mol. The fourth-order valence-corrected chi connectivity index (χ4v) is 0.299. The third-order valence-electron chi connectivity index (χ3n) is 0.823. The first-order valence-electron chi connectivity index (χ1n) is 2.71. The van der Waals surface area contributed by atoms with E-state index in [2.05, 4.69) is 6.58 Å². The van der Waals surface area contributed by atoms with Crippen LogP contribution in [0.15, 0.2) is 36.2 Å². The van der Waals surface area contributed by atoms with Crippen LogP contribution >= 0.6 is 0 Å². The van der Waals surface area contributed by atoms with E-state index in [1.807, 2.05) is 6.92 Å². The van der Waals surface area contributed by atoms with E-state index in [1.165, 1.54) is 0 Å². The van der Waals surface area contributed by atoms with Crippen LogP contribution < -0.4 is 11.5 Å². The van der Waals surface area contributed by atoms with E-state index in [0.717, 1.165) is 0 Å². The van der Waals surface area contributed by atoms with Crippen molar-refractivity contribution in [2.24, 2.45) is 11.5 Å². The van der Waals surface area contributed by atoms with Crippen molar-refractivity contribution in [2.75, 3.05) is 0 Å². The number of nitrogens with two attached hydrogens (primary N) is 2. The van der Waals surface area contributed by atoms with Gasteiger partial charge < -0.3 is 11.5 Å². The highest BCUT2D eigenvalue weighted by atomic mass is 14.6. The Bertz CT molecular complexity index is 154. The molecule has 0 unspecified atom stereocenters. The fraction of sp³-hybridized carbons (Fsp3) is 0.143. The topological polar surface area (TPSA) is 52.0 Å². The third-order valence-corrected chi connectivity index (χ3v) is 0.823. The third kappa shape index (κ3) is 4.68. The molecule has 0 aliphatic carbocycles. The van der Waals surface area contributed by atoms with E-state index < -0.39 is 0 Å². The van der Waals surface area contributed by atoms with Gasteiger partial charge in [-0.2, -0.15) is 0 Å². The zero-order chi connectivity index (χ0) is 7.28. The van der Waals surface area contributed by atoms with E-state index in [-0.39, 0.29) is 0 Å². The van der Waals surface area contributed by atoms with Gasteiger partial charge in [0.15, 0.2) is 0 Å². The van der Waals surface area contributed by atoms with E-state index in [9.17, 15) is 0 Å². The van der Waals surface area contributed by atoms with Crippen LogP contribution in [0.2, 0.25) is 0 Å². The maximum absolute atomic E-state index is 5.40. The molecular weight excluding hydrogens is 112 g/mol. The summed E-state index contributed by atoms with van der Waals surface area (Å²) in [4.78, 5) is 0. The number of rotatable bonds is 2. The maximum Gasteiger partial charge on any atom is 0.0271 e. The number of hydrogen-bond donors (Lipinski definition) is 2. The molecule has 0 aromatic heterocycles. The van der Waals surface area contributed by atoms with Crippen molar-refractivity contribution in [3.8, 4) is 0 Å². The van der Waals surface area contributed by atoms with Gasteiger partial charge in [0.2, 0.25) is 0 Å². The molecule has 0 aromatic carbocycles. The van der Waals surface area contributed by atoms with Crippen molar-refractivity contribution in [1.29, 1.82) is 0 Å². The molecule has 4 N–H and O–H groups in total. The molecule has 0 saturated heterocycles. The molecule has 0 amide bonds. The molecule has 0 radical (unpaired) electrons. The molecular formula is C7H12N2. The van der Waals surface area contributed by atoms with Gasteiger partial charge >= 0.3 is 0 Å². The summed E-state index contributed by atoms with van der Waals surface area (Å²) in [5.74, 6) is 0. The van der Waals surface area contributed by atoms with Crippen LogP contribution in [0.5, 0.6) is 0 Å². The predicted molar refractivity (Wildman–Crippen MR) is 40.4 cm³/mol. The zero-order valence-corrected chi connectivity index (χ0v) is 5.59. The van der Waals surface area contributed by atoms with Crippen molar-refractivity contribution >= 4 is 0 Å². The largest absolute Gasteiger partial charge is 0.399 e. The normalized spacial score (nSPS) is 12.3. The van der Waals surface area contributed by atoms with E-state index in [1.54, 1.807) is 18.2 Å². The molecule has 0 aliphatic heterocycles. The van der Waals surface area contributed by atoms with Crippen LogP contribution in [0.3, 0.4) is 0 Å². The van der Waals surface area contributed by atoms with Gasteiger partial charge in [-0.25, -0.2) is 0 Å². The SMILES string of the molecule is C=C(N)/C=C\C(N)=C/C. The van der Waals surface area contributed by atoms with Crippen LogP contribution in [-0.2, 0) is 0 Å². The van der Waals surface area contributed by atoms with Crippen molar-refractivity contribution in [3.63, 3.8) is 0 Å². The summed E-state index contributed by atoms with van der Waals surface area (Å²) >= 11 is 0. The Balaban J connectivity index is 3.86. The Morgan fingerprint density at radius 3 is 2.22 bits per heavy atom. The maximum atomic E-state index is 5.40. The van der Waals surface area contributed by atoms with E-state index in [0.29, 0.717) is 11.4 Å². The summed E-state index contributed by atoms with van der Waals surface area (Å²) in [6, 6.07) is 0. The Morgan fingerprint density at radius 2 is 1.89 bits per heavy atom. The van der Waals surface area contributed by atoms with Crippen molar-refractivity contribution in [2.45, 2.75) is 6.92 Å². The molecule has 0 saturated carbocycles. The zero-order valence-electron chi connectivity index (χ0n) is 5.59. The summed E-state index contributed by atoms with van der Waals surface area (Å²) in [7, 11) is 0. The summed E-state index contributed by atoms with van der Waals surface area (Å²) in [5.41, 5.74) is 11.8. The highest BCUT2D eigenvalue weighted by molar-refractivity contribution is 5.21. The second kappa shape index (κ2) is 3.78. The molecule has 2 heteroatoms. The van der Waals surface area contributed by atoms with Gasteiger partial charge in [0.05, 0.1) is 0 Å². The molecule has 0 rings (SSSR count). The molecule has 0 aromatic rings. The second-order valence-electron chi connectivity index (χ2n) is 1.70. The minimum atomic E-state index is 0.514. The Morgan fingerprint density at radius 1 is 1.33 bits per heavy atom. The molecule has 2 nitrogen and oxygen atoms in total. The van der Waals surface area contributed by atoms with Gasteiger partial charge in [0.1, 0.15) is 0 Å². The van der Waals surface area contributed by atoms with Gasteiger partial charge in [0.25, 0.3) is 0 Å². The van der Waals surface area contributed by atoms with Crippen LogP contribution in [0.4, 0.5) is 0 Å². The quantitative estimate of drug-likeness (QED) is 0.537. The molecule has 9 heavy (non-hydrogen) atoms. The molecule has 0 heterocycles. The van der Waals surface area contributed by atoms with Crippen molar-refractivity contribution in [3.05, 3.63) is 36.2 Å². The van der Waals surface area contributed by atoms with Crippen LogP contribution in [-0.4, -0.2) is 0 Å². The van der Waals surface area contributed by atoms with E-state index >= 15 is 0 Å². The monoisotopic (exact) mass is 124 g/mol. The average Bonchev–Trinajstić information content (AvgIpc) is 1.83. The molecule has 50 valence electrons. The molecule has 0 atom stereocenters. The van der Waals surface area contributed by atoms with Gasteiger partial charge in [-0.05, 0) is 19.1 Å². The lowest BCUT2D eigenvalue weighted by atomic mass is 10.3. The van der Waals surface area contributed by atoms with Gasteiger partial charge in [-0.3, -0.25) is 0 Å². The lowest BCUT2D eigenvalue weighted by molar-refractivity contribution is 1.37. The smallest absolute Gasteiger partial charge is 0.0271 e. The Labute approximate surface area is 55.5 Å². The molecule has 0 fully saturated rings. The fourth-order valence-electron chi connectivity index (χ4n) is 0.299. The summed E-state index contributed by atoms with van der Waals surface area (Å²) < 4.78 is 0. The number of hydrogen-bond acceptors (Lipinski definition) is 2. The second-order valence-corrected chi connectivity index (χ2v) is 1.70. The highest BCUT2D eigenvalue weighted by Gasteiger charge is 1.76. The minimum absolute atomic E-state index is 0.514. The van der Waals surface area contributed by atoms with Crippen molar-refractivity contribution < 1.29 is 0 Å². The first kappa shape index (κ1) is 7.82. The van der Waals surface area contributed by atoms with Gasteiger partial charge in [-0.1, -0.05) is 12.7 Å². The molecule has 0 aliphatic rings. The Hall–Kier alpha value is -1.18. The van der Waals surface area contributed by atoms with Crippen LogP contribution in [0, 0.1) is 0 Å². The standard InChI is InChI=1S/C7H12N2/c1-3-7(9)5-4-6(2)8/h3-5H,2,8-9H2,1H3/b5-4-,7-3+. The number of allylic oxidation sites excluding steroid dienone is 3. The first-order valence-corrected chi connectivity index (χ1v) is 2.71. The predicted octanol–water partition coefficient (Wildman–Crippen LogP) is 0.878. The highest BCUT2D eigenvalue weighted by Crippen LogP contribution is 1.87. The summed E-state index contributed by atoms with van der Waals surface area (Å²) in [6.45, 7) is 5.33. The van der Waals surface area contributed by atoms with Crippen LogP contribution in [0.25, 0.3) is 0 Å². The van der Waals surface area contributed by atoms with Crippen molar-refractivity contribution in [1.82, 2.24) is 0 Å². The van der Waals surface area contributed by atoms with Crippen LogP contribution in [0.1, 0.15) is 6.92 Å². The minimum Gasteiger partial charge on any atom is -0.399 e. The lowest BCUT2D eigenvalue weighted by Gasteiger charge is -1.88. The lowest BCUT2D eigenvalue weighted by Crippen LogP contribution is -1.94. The molecule has 0 spiro atoms. The van der Waals surface area contributed by atoms with E-state index in [4.69, 9.17) is 11.5 Å². The van der Waals surface area contributed by atoms with Gasteiger partial charge in [0, 0.05) is 11.4 Å². The summed E-state index contributed by atoms with van der Waals surface area (Å²) in [5, 5.41) is 0.